The van der Waals surface area contributed by atoms with Gasteiger partial charge in [0.25, 0.3) is 0 Å². The lowest BCUT2D eigenvalue weighted by molar-refractivity contribution is -0.139. The van der Waals surface area contributed by atoms with Gasteiger partial charge in [-0.1, -0.05) is 42.3 Å². The lowest BCUT2D eigenvalue weighted by Crippen LogP contribution is -2.51. The molecule has 2 amide bonds. The highest BCUT2D eigenvalue weighted by Gasteiger charge is 2.30. The molecule has 0 aliphatic carbocycles. The lowest BCUT2D eigenvalue weighted by atomic mass is 10.1. The van der Waals surface area contributed by atoms with Crippen LogP contribution in [0.3, 0.4) is 0 Å². The van der Waals surface area contributed by atoms with E-state index in [1.165, 1.54) is 18.1 Å². The van der Waals surface area contributed by atoms with Crippen molar-refractivity contribution in [2.45, 2.75) is 32.9 Å². The average molecular weight is 530 g/mol. The third kappa shape index (κ3) is 7.51. The molecular formula is C23H29Cl2N3O5S. The van der Waals surface area contributed by atoms with E-state index in [2.05, 4.69) is 5.32 Å². The van der Waals surface area contributed by atoms with E-state index in [1.54, 1.807) is 43.3 Å². The molecule has 2 aromatic carbocycles. The first-order chi connectivity index (χ1) is 16.0. The van der Waals surface area contributed by atoms with E-state index < -0.39 is 28.5 Å². The minimum atomic E-state index is -3.83. The van der Waals surface area contributed by atoms with Crippen LogP contribution in [0.15, 0.2) is 42.5 Å². The summed E-state index contributed by atoms with van der Waals surface area (Å²) in [6.07, 6.45) is 1.74. The van der Waals surface area contributed by atoms with Crippen LogP contribution in [-0.4, -0.2) is 57.6 Å². The number of methoxy groups -OCH3 is 1. The molecule has 0 bridgehead atoms. The van der Waals surface area contributed by atoms with Crippen molar-refractivity contribution < 1.29 is 22.7 Å². The van der Waals surface area contributed by atoms with E-state index in [9.17, 15) is 18.0 Å². The summed E-state index contributed by atoms with van der Waals surface area (Å²) in [6.45, 7) is 3.43. The molecule has 0 fully saturated rings. The standard InChI is InChI=1S/C23H29Cl2N3O5S/c1-5-11-26-23(30)16(2)27(14-17-9-10-18(24)12-21(17)25)22(29)15-28(34(4,31)32)19-7-6-8-20(13-19)33-3/h6-10,12-13,16H,5,11,14-15H2,1-4H3,(H,26,30)/t16-/m1/s1. The second kappa shape index (κ2) is 12.3. The van der Waals surface area contributed by atoms with Gasteiger partial charge in [0.05, 0.1) is 19.1 Å². The molecule has 0 heterocycles. The summed E-state index contributed by atoms with van der Waals surface area (Å²) in [5.74, 6) is -0.485. The minimum Gasteiger partial charge on any atom is -0.497 e. The van der Waals surface area contributed by atoms with E-state index in [-0.39, 0.29) is 18.1 Å². The highest BCUT2D eigenvalue weighted by molar-refractivity contribution is 7.92. The van der Waals surface area contributed by atoms with Crippen LogP contribution in [0.5, 0.6) is 5.75 Å². The topological polar surface area (TPSA) is 96.0 Å². The number of carbonyl (C=O) groups excluding carboxylic acids is 2. The van der Waals surface area contributed by atoms with E-state index >= 15 is 0 Å². The molecule has 0 radical (unpaired) electrons. The Kier molecular flexibility index (Phi) is 10.0. The molecular weight excluding hydrogens is 501 g/mol. The first-order valence-electron chi connectivity index (χ1n) is 10.6. The van der Waals surface area contributed by atoms with Crippen molar-refractivity contribution in [3.8, 4) is 5.75 Å². The number of anilines is 1. The fourth-order valence-corrected chi connectivity index (χ4v) is 4.50. The van der Waals surface area contributed by atoms with Crippen molar-refractivity contribution in [1.29, 1.82) is 0 Å². The molecule has 1 N–H and O–H groups in total. The molecule has 0 aliphatic rings. The van der Waals surface area contributed by atoms with Gasteiger partial charge < -0.3 is 15.0 Å². The predicted octanol–water partition coefficient (Wildman–Crippen LogP) is 3.71. The number of hydrogen-bond donors (Lipinski definition) is 1. The Balaban J connectivity index is 2.42. The van der Waals surface area contributed by atoms with Crippen molar-refractivity contribution in [3.63, 3.8) is 0 Å². The van der Waals surface area contributed by atoms with Crippen LogP contribution in [0.2, 0.25) is 10.0 Å². The van der Waals surface area contributed by atoms with Crippen molar-refractivity contribution in [2.24, 2.45) is 0 Å². The molecule has 34 heavy (non-hydrogen) atoms. The Hall–Kier alpha value is -2.49. The van der Waals surface area contributed by atoms with Gasteiger partial charge in [-0.3, -0.25) is 13.9 Å². The molecule has 11 heteroatoms. The number of benzene rings is 2. The van der Waals surface area contributed by atoms with E-state index in [0.29, 0.717) is 27.9 Å². The summed E-state index contributed by atoms with van der Waals surface area (Å²) >= 11 is 12.3. The lowest BCUT2D eigenvalue weighted by Gasteiger charge is -2.31. The van der Waals surface area contributed by atoms with Crippen molar-refractivity contribution >= 4 is 50.7 Å². The molecule has 0 saturated heterocycles. The van der Waals surface area contributed by atoms with Gasteiger partial charge in [-0.05, 0) is 43.2 Å². The number of rotatable bonds is 11. The van der Waals surface area contributed by atoms with Crippen molar-refractivity contribution in [2.75, 3.05) is 30.8 Å². The maximum absolute atomic E-state index is 13.5. The van der Waals surface area contributed by atoms with E-state index in [1.807, 2.05) is 6.92 Å². The molecule has 1 atom stereocenters. The predicted molar refractivity (Wildman–Crippen MR) is 135 cm³/mol. The van der Waals surface area contributed by atoms with Crippen LogP contribution >= 0.6 is 23.2 Å². The van der Waals surface area contributed by atoms with Crippen molar-refractivity contribution in [1.82, 2.24) is 10.2 Å². The van der Waals surface area contributed by atoms with Gasteiger partial charge in [0.1, 0.15) is 18.3 Å². The van der Waals surface area contributed by atoms with Gasteiger partial charge in [0.2, 0.25) is 21.8 Å². The number of amides is 2. The number of hydrogen-bond acceptors (Lipinski definition) is 5. The largest absolute Gasteiger partial charge is 0.497 e. The monoisotopic (exact) mass is 529 g/mol. The quantitative estimate of drug-likeness (QED) is 0.478. The molecule has 2 rings (SSSR count). The maximum Gasteiger partial charge on any atom is 0.244 e. The first-order valence-corrected chi connectivity index (χ1v) is 13.2. The number of halogens is 2. The van der Waals surface area contributed by atoms with Gasteiger partial charge in [0.15, 0.2) is 0 Å². The number of nitrogens with zero attached hydrogens (tertiary/aromatic N) is 2. The third-order valence-corrected chi connectivity index (χ3v) is 6.82. The van der Waals surface area contributed by atoms with Gasteiger partial charge in [-0.15, -0.1) is 0 Å². The smallest absolute Gasteiger partial charge is 0.244 e. The number of ether oxygens (including phenoxy) is 1. The number of sulfonamides is 1. The Morgan fingerprint density at radius 1 is 1.15 bits per heavy atom. The first kappa shape index (κ1) is 27.8. The van der Waals surface area contributed by atoms with Gasteiger partial charge >= 0.3 is 0 Å². The molecule has 8 nitrogen and oxygen atoms in total. The maximum atomic E-state index is 13.5. The summed E-state index contributed by atoms with van der Waals surface area (Å²) in [7, 11) is -2.37. The summed E-state index contributed by atoms with van der Waals surface area (Å²) in [4.78, 5) is 27.5. The number of nitrogens with one attached hydrogen (secondary N) is 1. The Morgan fingerprint density at radius 2 is 1.85 bits per heavy atom. The normalized spacial score (nSPS) is 12.1. The van der Waals surface area contributed by atoms with Crippen LogP contribution in [0.4, 0.5) is 5.69 Å². The van der Waals surface area contributed by atoms with Crippen LogP contribution in [-0.2, 0) is 26.2 Å². The van der Waals surface area contributed by atoms with Crippen LogP contribution < -0.4 is 14.4 Å². The number of carbonyl (C=O) groups is 2. The van der Waals surface area contributed by atoms with E-state index in [0.717, 1.165) is 17.0 Å². The molecule has 186 valence electrons. The molecule has 0 spiro atoms. The Bertz CT molecular complexity index is 1130. The Morgan fingerprint density at radius 3 is 2.44 bits per heavy atom. The SMILES string of the molecule is CCCNC(=O)[C@@H](C)N(Cc1ccc(Cl)cc1Cl)C(=O)CN(c1cccc(OC)c1)S(C)(=O)=O. The second-order valence-electron chi connectivity index (χ2n) is 7.70. The zero-order valence-electron chi connectivity index (χ0n) is 19.5. The highest BCUT2D eigenvalue weighted by Crippen LogP contribution is 2.25. The third-order valence-electron chi connectivity index (χ3n) is 5.09. The van der Waals surface area contributed by atoms with Crippen molar-refractivity contribution in [3.05, 3.63) is 58.1 Å². The molecule has 0 unspecified atom stereocenters. The van der Waals surface area contributed by atoms with Gasteiger partial charge in [0, 0.05) is 29.2 Å². The zero-order valence-corrected chi connectivity index (χ0v) is 21.9. The molecule has 0 aliphatic heterocycles. The Labute approximate surface area is 210 Å². The summed E-state index contributed by atoms with van der Waals surface area (Å²) in [5, 5.41) is 3.54. The summed E-state index contributed by atoms with van der Waals surface area (Å²) in [6, 6.07) is 10.3. The fourth-order valence-electron chi connectivity index (χ4n) is 3.19. The van der Waals surface area contributed by atoms with Crippen LogP contribution in [0.1, 0.15) is 25.8 Å². The minimum absolute atomic E-state index is 0.00867. The second-order valence-corrected chi connectivity index (χ2v) is 10.4. The summed E-state index contributed by atoms with van der Waals surface area (Å²) < 4.78 is 31.3. The van der Waals surface area contributed by atoms with Crippen LogP contribution in [0, 0.1) is 0 Å². The molecule has 2 aromatic rings. The average Bonchev–Trinajstić information content (AvgIpc) is 2.79. The van der Waals surface area contributed by atoms with E-state index in [4.69, 9.17) is 27.9 Å². The molecule has 0 saturated carbocycles. The highest BCUT2D eigenvalue weighted by atomic mass is 35.5. The fraction of sp³-hybridized carbons (Fsp3) is 0.391. The summed E-state index contributed by atoms with van der Waals surface area (Å²) in [5.41, 5.74) is 0.838. The molecule has 0 aromatic heterocycles. The van der Waals surface area contributed by atoms with Crippen LogP contribution in [0.25, 0.3) is 0 Å². The zero-order chi connectivity index (χ0) is 25.5. The van der Waals surface area contributed by atoms with Gasteiger partial charge in [-0.25, -0.2) is 8.42 Å². The van der Waals surface area contributed by atoms with Gasteiger partial charge in [-0.2, -0.15) is 0 Å².